The first-order chi connectivity index (χ1) is 10.9. The summed E-state index contributed by atoms with van der Waals surface area (Å²) >= 11 is 1.72. The highest BCUT2D eigenvalue weighted by Crippen LogP contribution is 2.27. The van der Waals surface area contributed by atoms with Gasteiger partial charge in [-0.3, -0.25) is 0 Å². The van der Waals surface area contributed by atoms with Crippen LogP contribution in [0.2, 0.25) is 0 Å². The van der Waals surface area contributed by atoms with Gasteiger partial charge in [-0.2, -0.15) is 0 Å². The van der Waals surface area contributed by atoms with Gasteiger partial charge in [0.2, 0.25) is 0 Å². The number of aromatic nitrogens is 5. The van der Waals surface area contributed by atoms with Crippen LogP contribution in [0.3, 0.4) is 0 Å². The monoisotopic (exact) mass is 327 g/mol. The van der Waals surface area contributed by atoms with E-state index in [-0.39, 0.29) is 5.54 Å². The van der Waals surface area contributed by atoms with Gasteiger partial charge in [-0.1, -0.05) is 17.8 Å². The van der Waals surface area contributed by atoms with Gasteiger partial charge in [-0.15, -0.1) is 10.2 Å². The first-order valence-corrected chi connectivity index (χ1v) is 8.55. The Morgan fingerprint density at radius 3 is 2.65 bits per heavy atom. The summed E-state index contributed by atoms with van der Waals surface area (Å²) in [6, 6.07) is 6.49. The van der Waals surface area contributed by atoms with Gasteiger partial charge in [0.25, 0.3) is 0 Å². The van der Waals surface area contributed by atoms with Crippen LogP contribution in [0.4, 0.5) is 0 Å². The number of imidazole rings is 1. The molecule has 120 valence electrons. The van der Waals surface area contributed by atoms with E-state index >= 15 is 0 Å². The average molecular weight is 327 g/mol. The Morgan fingerprint density at radius 2 is 2.00 bits per heavy atom. The number of thioether (sulfide) groups is 1. The second kappa shape index (κ2) is 6.20. The van der Waals surface area contributed by atoms with Gasteiger partial charge >= 0.3 is 0 Å². The highest BCUT2D eigenvalue weighted by atomic mass is 32.2. The van der Waals surface area contributed by atoms with E-state index in [0.717, 1.165) is 16.6 Å². The third-order valence-corrected chi connectivity index (χ3v) is 4.72. The van der Waals surface area contributed by atoms with Gasteiger partial charge in [0.15, 0.2) is 5.16 Å². The van der Waals surface area contributed by atoms with Crippen molar-refractivity contribution in [2.45, 2.75) is 44.1 Å². The lowest BCUT2D eigenvalue weighted by Gasteiger charge is -2.21. The van der Waals surface area contributed by atoms with Crippen LogP contribution in [0.15, 0.2) is 48.4 Å². The summed E-state index contributed by atoms with van der Waals surface area (Å²) in [4.78, 5) is 4.09. The molecule has 0 aliphatic rings. The SMILES string of the molecule is Cc1cc(-n2ccnc2)ccc1CSc1nncn1C(C)(C)C. The van der Waals surface area contributed by atoms with Crippen molar-refractivity contribution in [2.24, 2.45) is 0 Å². The molecule has 1 aromatic carbocycles. The summed E-state index contributed by atoms with van der Waals surface area (Å²) in [6.07, 6.45) is 7.36. The topological polar surface area (TPSA) is 48.5 Å². The summed E-state index contributed by atoms with van der Waals surface area (Å²) < 4.78 is 4.13. The minimum absolute atomic E-state index is 0.00778. The number of aryl methyl sites for hydroxylation is 1. The average Bonchev–Trinajstić information content (AvgIpc) is 3.16. The molecule has 0 N–H and O–H groups in total. The maximum absolute atomic E-state index is 4.25. The van der Waals surface area contributed by atoms with Crippen molar-refractivity contribution in [1.29, 1.82) is 0 Å². The molecule has 3 rings (SSSR count). The Hall–Kier alpha value is -2.08. The molecule has 6 heteroatoms. The van der Waals surface area contributed by atoms with Gasteiger partial charge in [-0.05, 0) is 51.0 Å². The molecular weight excluding hydrogens is 306 g/mol. The molecule has 0 bridgehead atoms. The number of hydrogen-bond acceptors (Lipinski definition) is 4. The number of benzene rings is 1. The molecule has 2 aromatic heterocycles. The molecule has 0 atom stereocenters. The Balaban J connectivity index is 1.76. The molecule has 0 amide bonds. The zero-order chi connectivity index (χ0) is 16.4. The second-order valence-electron chi connectivity index (χ2n) is 6.52. The van der Waals surface area contributed by atoms with Crippen molar-refractivity contribution in [2.75, 3.05) is 0 Å². The lowest BCUT2D eigenvalue weighted by atomic mass is 10.1. The van der Waals surface area contributed by atoms with Gasteiger partial charge < -0.3 is 9.13 Å². The Kier molecular flexibility index (Phi) is 4.26. The Morgan fingerprint density at radius 1 is 1.17 bits per heavy atom. The number of hydrogen-bond donors (Lipinski definition) is 0. The van der Waals surface area contributed by atoms with E-state index < -0.39 is 0 Å². The van der Waals surface area contributed by atoms with Crippen LogP contribution in [0.5, 0.6) is 0 Å². The van der Waals surface area contributed by atoms with Crippen molar-refractivity contribution in [3.05, 3.63) is 54.4 Å². The first kappa shape index (κ1) is 15.8. The first-order valence-electron chi connectivity index (χ1n) is 7.56. The lowest BCUT2D eigenvalue weighted by Crippen LogP contribution is -2.21. The molecule has 2 heterocycles. The molecule has 3 aromatic rings. The van der Waals surface area contributed by atoms with E-state index in [4.69, 9.17) is 0 Å². The van der Waals surface area contributed by atoms with Crippen molar-refractivity contribution >= 4 is 11.8 Å². The zero-order valence-electron chi connectivity index (χ0n) is 13.9. The van der Waals surface area contributed by atoms with Crippen LogP contribution >= 0.6 is 11.8 Å². The second-order valence-corrected chi connectivity index (χ2v) is 7.47. The van der Waals surface area contributed by atoms with Crippen molar-refractivity contribution in [1.82, 2.24) is 24.3 Å². The molecule has 5 nitrogen and oxygen atoms in total. The molecule has 0 saturated carbocycles. The largest absolute Gasteiger partial charge is 0.306 e. The van der Waals surface area contributed by atoms with Gasteiger partial charge in [0.1, 0.15) is 6.33 Å². The minimum Gasteiger partial charge on any atom is -0.306 e. The maximum Gasteiger partial charge on any atom is 0.191 e. The Labute approximate surface area is 140 Å². The summed E-state index contributed by atoms with van der Waals surface area (Å²) in [5.74, 6) is 0.880. The van der Waals surface area contributed by atoms with Crippen LogP contribution in [-0.2, 0) is 11.3 Å². The fourth-order valence-electron chi connectivity index (χ4n) is 2.34. The van der Waals surface area contributed by atoms with Crippen LogP contribution in [0.1, 0.15) is 31.9 Å². The van der Waals surface area contributed by atoms with E-state index in [1.165, 1.54) is 11.1 Å². The standard InChI is InChI=1S/C17H21N5S/c1-13-9-15(21-8-7-18-11-21)6-5-14(13)10-23-16-20-19-12-22(16)17(2,3)4/h5-9,11-12H,10H2,1-4H3. The smallest absolute Gasteiger partial charge is 0.191 e. The zero-order valence-corrected chi connectivity index (χ0v) is 14.7. The highest BCUT2D eigenvalue weighted by Gasteiger charge is 2.18. The van der Waals surface area contributed by atoms with Crippen LogP contribution in [0, 0.1) is 6.92 Å². The van der Waals surface area contributed by atoms with Crippen LogP contribution in [0.25, 0.3) is 5.69 Å². The summed E-state index contributed by atoms with van der Waals surface area (Å²) in [6.45, 7) is 8.62. The van der Waals surface area contributed by atoms with Crippen molar-refractivity contribution in [3.8, 4) is 5.69 Å². The number of rotatable bonds is 4. The minimum atomic E-state index is -0.00778. The third kappa shape index (κ3) is 3.47. The predicted octanol–water partition coefficient (Wildman–Crippen LogP) is 3.82. The molecule has 0 saturated heterocycles. The van der Waals surface area contributed by atoms with Crippen molar-refractivity contribution in [3.63, 3.8) is 0 Å². The Bertz CT molecular complexity index is 784. The van der Waals surface area contributed by atoms with E-state index in [9.17, 15) is 0 Å². The summed E-state index contributed by atoms with van der Waals surface area (Å²) in [7, 11) is 0. The van der Waals surface area contributed by atoms with E-state index in [1.807, 2.05) is 17.1 Å². The summed E-state index contributed by atoms with van der Waals surface area (Å²) in [5.41, 5.74) is 3.70. The molecular formula is C17H21N5S. The van der Waals surface area contributed by atoms with Gasteiger partial charge in [-0.25, -0.2) is 4.98 Å². The van der Waals surface area contributed by atoms with Crippen molar-refractivity contribution < 1.29 is 0 Å². The highest BCUT2D eigenvalue weighted by molar-refractivity contribution is 7.98. The number of nitrogens with zero attached hydrogens (tertiary/aromatic N) is 5. The van der Waals surface area contributed by atoms with E-state index in [2.05, 4.69) is 65.6 Å². The van der Waals surface area contributed by atoms with E-state index in [0.29, 0.717) is 0 Å². The molecule has 0 spiro atoms. The molecule has 0 radical (unpaired) electrons. The third-order valence-electron chi connectivity index (χ3n) is 3.72. The molecule has 0 aliphatic heterocycles. The molecule has 0 unspecified atom stereocenters. The van der Waals surface area contributed by atoms with Gasteiger partial charge in [0, 0.05) is 29.4 Å². The molecule has 0 aliphatic carbocycles. The van der Waals surface area contributed by atoms with E-state index in [1.54, 1.807) is 24.3 Å². The predicted molar refractivity (Wildman–Crippen MR) is 92.9 cm³/mol. The summed E-state index contributed by atoms with van der Waals surface area (Å²) in [5, 5.41) is 9.26. The fraction of sp³-hybridized carbons (Fsp3) is 0.353. The normalized spacial score (nSPS) is 11.8. The quantitative estimate of drug-likeness (QED) is 0.684. The van der Waals surface area contributed by atoms with Gasteiger partial charge in [0.05, 0.1) is 6.33 Å². The molecule has 0 fully saturated rings. The van der Waals surface area contributed by atoms with Crippen LogP contribution in [-0.4, -0.2) is 24.3 Å². The fourth-order valence-corrected chi connectivity index (χ4v) is 3.51. The maximum atomic E-state index is 4.25. The van der Waals surface area contributed by atoms with Crippen LogP contribution < -0.4 is 0 Å². The lowest BCUT2D eigenvalue weighted by molar-refractivity contribution is 0.367. The molecule has 23 heavy (non-hydrogen) atoms.